The number of carbonyl (C=O) groups is 2. The third-order valence-electron chi connectivity index (χ3n) is 8.79. The van der Waals surface area contributed by atoms with Crippen LogP contribution in [0, 0.1) is 12.8 Å². The third kappa shape index (κ3) is 8.64. The average Bonchev–Trinajstić information content (AvgIpc) is 3.55. The van der Waals surface area contributed by atoms with Crippen LogP contribution >= 0.6 is 23.4 Å². The molecule has 1 saturated carbocycles. The van der Waals surface area contributed by atoms with Crippen molar-refractivity contribution in [2.75, 3.05) is 18.6 Å². The normalized spacial score (nSPS) is 14.9. The number of benzene rings is 3. The van der Waals surface area contributed by atoms with E-state index < -0.39 is 24.0 Å². The number of hydrogen-bond donors (Lipinski definition) is 2. The Labute approximate surface area is 280 Å². The number of rotatable bonds is 14. The van der Waals surface area contributed by atoms with Crippen molar-refractivity contribution in [3.63, 3.8) is 0 Å². The fraction of sp³-hybridized carbons (Fsp3) is 0.368. The fourth-order valence-corrected chi connectivity index (χ4v) is 6.78. The highest BCUT2D eigenvalue weighted by Crippen LogP contribution is 2.37. The van der Waals surface area contributed by atoms with Crippen LogP contribution < -0.4 is 5.32 Å². The summed E-state index contributed by atoms with van der Waals surface area (Å²) in [6.07, 6.45) is 9.09. The van der Waals surface area contributed by atoms with Gasteiger partial charge >= 0.3 is 5.97 Å². The van der Waals surface area contributed by atoms with Gasteiger partial charge in [0.25, 0.3) is 5.91 Å². The van der Waals surface area contributed by atoms with Gasteiger partial charge < -0.3 is 19.6 Å². The van der Waals surface area contributed by atoms with Gasteiger partial charge in [0, 0.05) is 22.8 Å². The van der Waals surface area contributed by atoms with Gasteiger partial charge in [-0.05, 0) is 108 Å². The summed E-state index contributed by atoms with van der Waals surface area (Å²) in [5.74, 6) is 1.21. The maximum absolute atomic E-state index is 13.7. The van der Waals surface area contributed by atoms with Crippen molar-refractivity contribution in [2.45, 2.75) is 64.0 Å². The first-order valence-electron chi connectivity index (χ1n) is 16.0. The maximum atomic E-state index is 13.7. The molecule has 1 amide bonds. The van der Waals surface area contributed by atoms with Crippen molar-refractivity contribution in [3.05, 3.63) is 106 Å². The van der Waals surface area contributed by atoms with E-state index >= 15 is 0 Å². The van der Waals surface area contributed by atoms with E-state index in [0.29, 0.717) is 52.4 Å². The maximum Gasteiger partial charge on any atom is 0.326 e. The smallest absolute Gasteiger partial charge is 0.326 e. The molecular formula is C38H42ClNO5S. The Kier molecular flexibility index (Phi) is 12.0. The van der Waals surface area contributed by atoms with Crippen LogP contribution in [0.25, 0.3) is 22.5 Å². The van der Waals surface area contributed by atoms with Crippen molar-refractivity contribution in [1.29, 1.82) is 0 Å². The Balaban J connectivity index is 1.51. The Morgan fingerprint density at radius 3 is 2.48 bits per heavy atom. The van der Waals surface area contributed by atoms with Crippen LogP contribution in [0.2, 0.25) is 5.02 Å². The number of ether oxygens (including phenoxy) is 1. The molecule has 1 aromatic heterocycles. The summed E-state index contributed by atoms with van der Waals surface area (Å²) >= 11 is 7.67. The van der Waals surface area contributed by atoms with Gasteiger partial charge in [-0.2, -0.15) is 11.8 Å². The molecular weight excluding hydrogens is 618 g/mol. The molecule has 8 heteroatoms. The number of aryl methyl sites for hydroxylation is 1. The van der Waals surface area contributed by atoms with Crippen LogP contribution in [0.4, 0.5) is 0 Å². The third-order valence-corrected chi connectivity index (χ3v) is 9.69. The molecule has 3 aromatic carbocycles. The number of nitrogens with one attached hydrogen (secondary N) is 1. The molecule has 0 spiro atoms. The van der Waals surface area contributed by atoms with Crippen molar-refractivity contribution in [2.24, 2.45) is 5.92 Å². The summed E-state index contributed by atoms with van der Waals surface area (Å²) < 4.78 is 13.1. The molecule has 6 nitrogen and oxygen atoms in total. The second-order valence-corrected chi connectivity index (χ2v) is 13.4. The first kappa shape index (κ1) is 33.8. The summed E-state index contributed by atoms with van der Waals surface area (Å²) in [7, 11) is 0. The highest BCUT2D eigenvalue weighted by molar-refractivity contribution is 7.98. The summed E-state index contributed by atoms with van der Waals surface area (Å²) in [6.45, 7) is 2.59. The largest absolute Gasteiger partial charge is 0.480 e. The molecule has 2 unspecified atom stereocenters. The summed E-state index contributed by atoms with van der Waals surface area (Å²) in [4.78, 5) is 25.6. The van der Waals surface area contributed by atoms with Gasteiger partial charge in [-0.3, -0.25) is 4.79 Å². The molecule has 0 radical (unpaired) electrons. The predicted octanol–water partition coefficient (Wildman–Crippen LogP) is 9.59. The molecule has 242 valence electrons. The molecule has 4 aromatic rings. The van der Waals surface area contributed by atoms with Crippen LogP contribution in [-0.2, 0) is 9.53 Å². The Hall–Kier alpha value is -3.52. The number of carboxylic acids is 1. The molecule has 1 aliphatic rings. The lowest BCUT2D eigenvalue weighted by Gasteiger charge is -2.24. The zero-order valence-corrected chi connectivity index (χ0v) is 28.0. The van der Waals surface area contributed by atoms with E-state index in [1.54, 1.807) is 17.8 Å². The lowest BCUT2D eigenvalue weighted by molar-refractivity contribution is -0.139. The predicted molar refractivity (Wildman–Crippen MR) is 187 cm³/mol. The molecule has 1 fully saturated rings. The topological polar surface area (TPSA) is 88.8 Å². The molecule has 0 bridgehead atoms. The van der Waals surface area contributed by atoms with Gasteiger partial charge in [0.1, 0.15) is 23.7 Å². The van der Waals surface area contributed by atoms with Gasteiger partial charge in [0.2, 0.25) is 0 Å². The SMILES string of the molecule is CSCCC(NC(=O)c1ccc(C(OCCC2CCCCC2)c2ccc(-c3ccc(Cl)cc3)o2)cc1-c1ccccc1C)C(=O)O. The molecule has 5 rings (SSSR count). The number of halogens is 1. The second-order valence-electron chi connectivity index (χ2n) is 12.0. The zero-order chi connectivity index (χ0) is 32.5. The number of amides is 1. The molecule has 0 saturated heterocycles. The van der Waals surface area contributed by atoms with Crippen LogP contribution in [-0.4, -0.2) is 41.6 Å². The molecule has 0 aliphatic heterocycles. The standard InChI is InChI=1S/C38H42ClNO5S/c1-25-8-6-7-11-30(25)32-24-28(14-17-31(32)37(41)40-33(38(42)43)21-23-46-2)36(44-22-20-26-9-4-3-5-10-26)35-19-18-34(45-35)27-12-15-29(39)16-13-27/h6-8,11-19,24,26,33,36H,3-5,9-10,20-23H2,1-2H3,(H,40,41)(H,42,43). The van der Waals surface area contributed by atoms with E-state index in [2.05, 4.69) is 5.32 Å². The minimum absolute atomic E-state index is 0.339. The number of carbonyl (C=O) groups excluding carboxylic acids is 1. The first-order chi connectivity index (χ1) is 22.3. The quantitative estimate of drug-likeness (QED) is 0.140. The van der Waals surface area contributed by atoms with Gasteiger partial charge in [-0.1, -0.05) is 74.0 Å². The number of furan rings is 1. The van der Waals surface area contributed by atoms with Crippen molar-refractivity contribution in [1.82, 2.24) is 5.32 Å². The van der Waals surface area contributed by atoms with E-state index in [0.717, 1.165) is 28.7 Å². The van der Waals surface area contributed by atoms with Crippen LogP contribution in [0.1, 0.15) is 78.3 Å². The van der Waals surface area contributed by atoms with E-state index in [9.17, 15) is 14.7 Å². The van der Waals surface area contributed by atoms with Crippen LogP contribution in [0.5, 0.6) is 0 Å². The van der Waals surface area contributed by atoms with E-state index in [1.807, 2.05) is 86.0 Å². The van der Waals surface area contributed by atoms with Crippen molar-refractivity contribution < 1.29 is 23.8 Å². The van der Waals surface area contributed by atoms with Gasteiger partial charge in [-0.25, -0.2) is 4.79 Å². The summed E-state index contributed by atoms with van der Waals surface area (Å²) in [5.41, 5.74) is 4.80. The van der Waals surface area contributed by atoms with E-state index in [1.165, 1.54) is 32.1 Å². The fourth-order valence-electron chi connectivity index (χ4n) is 6.18. The molecule has 1 aliphatic carbocycles. The number of thioether (sulfide) groups is 1. The minimum atomic E-state index is -1.04. The van der Waals surface area contributed by atoms with Crippen LogP contribution in [0.3, 0.4) is 0 Å². The van der Waals surface area contributed by atoms with E-state index in [4.69, 9.17) is 20.8 Å². The minimum Gasteiger partial charge on any atom is -0.480 e. The van der Waals surface area contributed by atoms with Crippen LogP contribution in [0.15, 0.2) is 83.3 Å². The number of carboxylic acid groups (broad SMARTS) is 1. The Morgan fingerprint density at radius 1 is 1.00 bits per heavy atom. The first-order valence-corrected chi connectivity index (χ1v) is 17.8. The Bertz CT molecular complexity index is 1610. The van der Waals surface area contributed by atoms with E-state index in [-0.39, 0.29) is 0 Å². The highest BCUT2D eigenvalue weighted by atomic mass is 35.5. The molecule has 2 N–H and O–H groups in total. The second kappa shape index (κ2) is 16.3. The lowest BCUT2D eigenvalue weighted by atomic mass is 9.87. The van der Waals surface area contributed by atoms with Gasteiger partial charge in [0.05, 0.1) is 0 Å². The lowest BCUT2D eigenvalue weighted by Crippen LogP contribution is -2.41. The summed E-state index contributed by atoms with van der Waals surface area (Å²) in [6, 6.07) is 24.0. The molecule has 2 atom stereocenters. The summed E-state index contributed by atoms with van der Waals surface area (Å²) in [5, 5.41) is 13.2. The molecule has 1 heterocycles. The average molecular weight is 660 g/mol. The number of hydrogen-bond acceptors (Lipinski definition) is 5. The monoisotopic (exact) mass is 659 g/mol. The van der Waals surface area contributed by atoms with Gasteiger partial charge in [0.15, 0.2) is 0 Å². The van der Waals surface area contributed by atoms with Crippen molar-refractivity contribution >= 4 is 35.2 Å². The zero-order valence-electron chi connectivity index (χ0n) is 26.5. The highest BCUT2D eigenvalue weighted by Gasteiger charge is 2.26. The molecule has 46 heavy (non-hydrogen) atoms. The van der Waals surface area contributed by atoms with Gasteiger partial charge in [-0.15, -0.1) is 0 Å². The number of aliphatic carboxylic acids is 1. The van der Waals surface area contributed by atoms with Crippen molar-refractivity contribution in [3.8, 4) is 22.5 Å². The Morgan fingerprint density at radius 2 is 1.76 bits per heavy atom.